The molecule has 0 atom stereocenters. The van der Waals surface area contributed by atoms with Crippen LogP contribution in [0.5, 0.6) is 0 Å². The van der Waals surface area contributed by atoms with Crippen LogP contribution in [0, 0.1) is 10.1 Å². The largest absolute Gasteiger partial charge is 0.366 e. The van der Waals surface area contributed by atoms with Crippen molar-refractivity contribution in [2.24, 2.45) is 12.0 Å². The Hall–Kier alpha value is -2.48. The number of hydrogen-bond donors (Lipinski definition) is 0. The van der Waals surface area contributed by atoms with Crippen LogP contribution in [0.1, 0.15) is 23.2 Å². The van der Waals surface area contributed by atoms with E-state index in [-0.39, 0.29) is 11.3 Å². The summed E-state index contributed by atoms with van der Waals surface area (Å²) >= 11 is 1.34. The maximum Gasteiger partial charge on any atom is 0.293 e. The molecular weight excluding hydrogens is 316 g/mol. The molecule has 0 radical (unpaired) electrons. The number of anilines is 1. The Morgan fingerprint density at radius 1 is 1.35 bits per heavy atom. The lowest BCUT2D eigenvalue weighted by Crippen LogP contribution is -2.19. The Labute approximate surface area is 136 Å². The number of carbonyl (C=O) groups is 1. The number of aromatic nitrogens is 1. The normalized spacial score (nSPS) is 15.2. The highest BCUT2D eigenvalue weighted by molar-refractivity contribution is 7.07. The summed E-state index contributed by atoms with van der Waals surface area (Å²) in [5.41, 5.74) is 0.766. The number of amides is 1. The van der Waals surface area contributed by atoms with Gasteiger partial charge in [0.2, 0.25) is 0 Å². The zero-order valence-corrected chi connectivity index (χ0v) is 13.5. The molecule has 0 aliphatic carbocycles. The summed E-state index contributed by atoms with van der Waals surface area (Å²) in [6, 6.07) is 4.59. The van der Waals surface area contributed by atoms with E-state index in [1.165, 1.54) is 17.4 Å². The van der Waals surface area contributed by atoms with Crippen molar-refractivity contribution in [1.29, 1.82) is 0 Å². The lowest BCUT2D eigenvalue weighted by Gasteiger charge is -2.17. The first-order chi connectivity index (χ1) is 11.1. The Kier molecular flexibility index (Phi) is 4.24. The molecule has 8 heteroatoms. The predicted molar refractivity (Wildman–Crippen MR) is 87.7 cm³/mol. The number of benzene rings is 1. The second-order valence-corrected chi connectivity index (χ2v) is 6.24. The minimum absolute atomic E-state index is 0.0384. The first kappa shape index (κ1) is 15.4. The van der Waals surface area contributed by atoms with Gasteiger partial charge in [-0.2, -0.15) is 4.99 Å². The van der Waals surface area contributed by atoms with Gasteiger partial charge in [-0.25, -0.2) is 0 Å². The molecule has 1 aliphatic heterocycles. The molecule has 23 heavy (non-hydrogen) atoms. The van der Waals surface area contributed by atoms with Crippen LogP contribution in [0.2, 0.25) is 0 Å². The van der Waals surface area contributed by atoms with E-state index in [9.17, 15) is 14.9 Å². The SMILES string of the molecule is Cn1ccsc1=NC(=O)c1ccc(N2CCCC2)c([N+](=O)[O-])c1. The molecule has 0 N–H and O–H groups in total. The van der Waals surface area contributed by atoms with Gasteiger partial charge >= 0.3 is 0 Å². The fourth-order valence-corrected chi connectivity index (χ4v) is 3.34. The van der Waals surface area contributed by atoms with Crippen LogP contribution in [0.25, 0.3) is 0 Å². The van der Waals surface area contributed by atoms with Crippen molar-refractivity contribution < 1.29 is 9.72 Å². The molecule has 0 bridgehead atoms. The van der Waals surface area contributed by atoms with E-state index in [4.69, 9.17) is 0 Å². The van der Waals surface area contributed by atoms with E-state index in [0.29, 0.717) is 10.5 Å². The van der Waals surface area contributed by atoms with Crippen molar-refractivity contribution in [2.45, 2.75) is 12.8 Å². The molecule has 0 unspecified atom stereocenters. The van der Waals surface area contributed by atoms with E-state index in [0.717, 1.165) is 25.9 Å². The number of nitro groups is 1. The molecule has 0 spiro atoms. The van der Waals surface area contributed by atoms with Crippen molar-refractivity contribution in [3.8, 4) is 0 Å². The van der Waals surface area contributed by atoms with Crippen LogP contribution in [0.15, 0.2) is 34.8 Å². The highest BCUT2D eigenvalue weighted by Crippen LogP contribution is 2.31. The van der Waals surface area contributed by atoms with Crippen LogP contribution in [0.4, 0.5) is 11.4 Å². The predicted octanol–water partition coefficient (Wildman–Crippen LogP) is 2.34. The van der Waals surface area contributed by atoms with E-state index in [1.54, 1.807) is 29.9 Å². The van der Waals surface area contributed by atoms with Gasteiger partial charge in [-0.1, -0.05) is 0 Å². The van der Waals surface area contributed by atoms with E-state index in [2.05, 4.69) is 4.99 Å². The number of carbonyl (C=O) groups excluding carboxylic acids is 1. The summed E-state index contributed by atoms with van der Waals surface area (Å²) in [5, 5.41) is 13.2. The average molecular weight is 332 g/mol. The third kappa shape index (κ3) is 3.16. The molecule has 120 valence electrons. The monoisotopic (exact) mass is 332 g/mol. The molecule has 0 saturated carbocycles. The van der Waals surface area contributed by atoms with Crippen molar-refractivity contribution in [3.63, 3.8) is 0 Å². The molecule has 1 aromatic carbocycles. The fourth-order valence-electron chi connectivity index (χ4n) is 2.61. The fraction of sp³-hybridized carbons (Fsp3) is 0.333. The lowest BCUT2D eigenvalue weighted by atomic mass is 10.1. The average Bonchev–Trinajstić information content (AvgIpc) is 3.19. The molecule has 1 fully saturated rings. The summed E-state index contributed by atoms with van der Waals surface area (Å²) < 4.78 is 1.73. The van der Waals surface area contributed by atoms with Crippen LogP contribution in [-0.2, 0) is 7.05 Å². The second kappa shape index (κ2) is 6.33. The highest BCUT2D eigenvalue weighted by atomic mass is 32.1. The first-order valence-corrected chi connectivity index (χ1v) is 8.17. The Balaban J connectivity index is 1.98. The number of nitro benzene ring substituents is 1. The lowest BCUT2D eigenvalue weighted by molar-refractivity contribution is -0.384. The third-order valence-corrected chi connectivity index (χ3v) is 4.67. The van der Waals surface area contributed by atoms with Crippen LogP contribution in [0.3, 0.4) is 0 Å². The van der Waals surface area contributed by atoms with Gasteiger partial charge in [-0.15, -0.1) is 11.3 Å². The summed E-state index contributed by atoms with van der Waals surface area (Å²) in [7, 11) is 1.79. The quantitative estimate of drug-likeness (QED) is 0.638. The maximum atomic E-state index is 12.3. The molecule has 1 amide bonds. The van der Waals surface area contributed by atoms with Crippen LogP contribution < -0.4 is 9.70 Å². The van der Waals surface area contributed by atoms with Gasteiger partial charge in [0, 0.05) is 43.3 Å². The van der Waals surface area contributed by atoms with Gasteiger partial charge in [0.15, 0.2) is 4.80 Å². The Morgan fingerprint density at radius 2 is 2.09 bits per heavy atom. The topological polar surface area (TPSA) is 80.7 Å². The van der Waals surface area contributed by atoms with Gasteiger partial charge < -0.3 is 9.47 Å². The molecule has 1 aliphatic rings. The number of nitrogens with zero attached hydrogens (tertiary/aromatic N) is 4. The minimum Gasteiger partial charge on any atom is -0.366 e. The van der Waals surface area contributed by atoms with Gasteiger partial charge in [-0.3, -0.25) is 14.9 Å². The number of thiazole rings is 1. The second-order valence-electron chi connectivity index (χ2n) is 5.37. The molecule has 2 aromatic rings. The molecule has 7 nitrogen and oxygen atoms in total. The zero-order valence-electron chi connectivity index (χ0n) is 12.6. The Bertz CT molecular complexity index is 818. The molecule has 2 heterocycles. The van der Waals surface area contributed by atoms with Gasteiger partial charge in [-0.05, 0) is 25.0 Å². The van der Waals surface area contributed by atoms with Gasteiger partial charge in [0.25, 0.3) is 11.6 Å². The zero-order chi connectivity index (χ0) is 16.4. The van der Waals surface area contributed by atoms with Crippen LogP contribution in [-0.4, -0.2) is 28.5 Å². The maximum absolute atomic E-state index is 12.3. The molecular formula is C15H16N4O3S. The standard InChI is InChI=1S/C15H16N4O3S/c1-17-8-9-23-15(17)16-14(20)11-4-5-12(13(10-11)19(21)22)18-6-2-3-7-18/h4-5,8-10H,2-3,6-7H2,1H3. The summed E-state index contributed by atoms with van der Waals surface area (Å²) in [4.78, 5) is 29.8. The molecule has 3 rings (SSSR count). The van der Waals surface area contributed by atoms with Crippen molar-refractivity contribution >= 4 is 28.6 Å². The molecule has 1 saturated heterocycles. The summed E-state index contributed by atoms with van der Waals surface area (Å²) in [6.45, 7) is 1.62. The van der Waals surface area contributed by atoms with E-state index < -0.39 is 10.8 Å². The van der Waals surface area contributed by atoms with Crippen LogP contribution >= 0.6 is 11.3 Å². The Morgan fingerprint density at radius 3 is 2.70 bits per heavy atom. The number of rotatable bonds is 3. The van der Waals surface area contributed by atoms with Crippen molar-refractivity contribution in [1.82, 2.24) is 4.57 Å². The summed E-state index contributed by atoms with van der Waals surface area (Å²) in [5.74, 6) is -0.473. The van der Waals surface area contributed by atoms with Gasteiger partial charge in [0.1, 0.15) is 5.69 Å². The number of aryl methyl sites for hydroxylation is 1. The summed E-state index contributed by atoms with van der Waals surface area (Å²) in [6.07, 6.45) is 3.86. The smallest absolute Gasteiger partial charge is 0.293 e. The van der Waals surface area contributed by atoms with E-state index in [1.807, 2.05) is 10.3 Å². The highest BCUT2D eigenvalue weighted by Gasteiger charge is 2.23. The first-order valence-electron chi connectivity index (χ1n) is 7.29. The molecule has 1 aromatic heterocycles. The van der Waals surface area contributed by atoms with E-state index >= 15 is 0 Å². The third-order valence-electron chi connectivity index (χ3n) is 3.82. The minimum atomic E-state index is -0.473. The van der Waals surface area contributed by atoms with Crippen molar-refractivity contribution in [3.05, 3.63) is 50.3 Å². The number of hydrogen-bond acceptors (Lipinski definition) is 5. The van der Waals surface area contributed by atoms with Gasteiger partial charge in [0.05, 0.1) is 4.92 Å². The van der Waals surface area contributed by atoms with Crippen molar-refractivity contribution in [2.75, 3.05) is 18.0 Å².